The molecule has 1 heterocycles. The van der Waals surface area contributed by atoms with Gasteiger partial charge in [0.05, 0.1) is 13.2 Å². The van der Waals surface area contributed by atoms with Crippen molar-refractivity contribution < 1.29 is 13.9 Å². The molecule has 1 saturated heterocycles. The molecule has 0 aromatic rings. The molecule has 0 aromatic heterocycles. The zero-order valence-corrected chi connectivity index (χ0v) is 4.82. The third-order valence-corrected chi connectivity index (χ3v) is 1.14. The van der Waals surface area contributed by atoms with Crippen LogP contribution in [0.15, 0.2) is 0 Å². The lowest BCUT2D eigenvalue weighted by Crippen LogP contribution is -2.27. The summed E-state index contributed by atoms with van der Waals surface area (Å²) in [6, 6.07) is 0. The molecule has 3 heteroatoms. The van der Waals surface area contributed by atoms with Crippen LogP contribution < -0.4 is 0 Å². The van der Waals surface area contributed by atoms with Crippen molar-refractivity contribution in [2.45, 2.75) is 12.7 Å². The molecule has 0 bridgehead atoms. The summed E-state index contributed by atoms with van der Waals surface area (Å²) in [5, 5.41) is 0. The quantitative estimate of drug-likeness (QED) is 0.507. The maximum atomic E-state index is 11.8. The predicted molar refractivity (Wildman–Crippen MR) is 26.3 cm³/mol. The second kappa shape index (κ2) is 1.99. The van der Waals surface area contributed by atoms with E-state index in [2.05, 4.69) is 0 Å². The van der Waals surface area contributed by atoms with Crippen molar-refractivity contribution in [3.63, 3.8) is 0 Å². The smallest absolute Gasteiger partial charge is 0.194 e. The maximum absolute atomic E-state index is 11.8. The number of rotatable bonds is 1. The number of ether oxygens (including phenoxy) is 2. The van der Waals surface area contributed by atoms with E-state index < -0.39 is 12.5 Å². The third-order valence-electron chi connectivity index (χ3n) is 1.14. The topological polar surface area (TPSA) is 18.5 Å². The summed E-state index contributed by atoms with van der Waals surface area (Å²) in [6.45, 7) is 2.06. The minimum absolute atomic E-state index is 0.514. The molecule has 0 amide bonds. The number of hydrogen-bond acceptors (Lipinski definition) is 2. The summed E-state index contributed by atoms with van der Waals surface area (Å²) in [5.41, 5.74) is 0. The third kappa shape index (κ3) is 0.980. The van der Waals surface area contributed by atoms with E-state index >= 15 is 0 Å². The van der Waals surface area contributed by atoms with Gasteiger partial charge in [-0.3, -0.25) is 0 Å². The average molecular weight is 120 g/mol. The lowest BCUT2D eigenvalue weighted by atomic mass is 10.4. The SMILES string of the molecule is CC1(CF)OCCO1. The number of alkyl halides is 1. The molecule has 0 radical (unpaired) electrons. The van der Waals surface area contributed by atoms with Gasteiger partial charge in [0.1, 0.15) is 6.67 Å². The molecule has 1 aliphatic heterocycles. The van der Waals surface area contributed by atoms with Gasteiger partial charge in [0.15, 0.2) is 5.79 Å². The van der Waals surface area contributed by atoms with Gasteiger partial charge in [0, 0.05) is 0 Å². The van der Waals surface area contributed by atoms with Crippen molar-refractivity contribution in [2.75, 3.05) is 19.9 Å². The number of hydrogen-bond donors (Lipinski definition) is 0. The largest absolute Gasteiger partial charge is 0.345 e. The fraction of sp³-hybridized carbons (Fsp3) is 1.00. The molecule has 1 fully saturated rings. The second-order valence-electron chi connectivity index (χ2n) is 1.96. The van der Waals surface area contributed by atoms with Crippen molar-refractivity contribution in [1.29, 1.82) is 0 Å². The lowest BCUT2D eigenvalue weighted by Gasteiger charge is -2.16. The van der Waals surface area contributed by atoms with Crippen LogP contribution in [0.5, 0.6) is 0 Å². The Labute approximate surface area is 47.6 Å². The lowest BCUT2D eigenvalue weighted by molar-refractivity contribution is -0.153. The molecule has 48 valence electrons. The molecule has 0 atom stereocenters. The minimum atomic E-state index is -0.931. The van der Waals surface area contributed by atoms with Crippen molar-refractivity contribution in [2.24, 2.45) is 0 Å². The van der Waals surface area contributed by atoms with Gasteiger partial charge in [-0.15, -0.1) is 0 Å². The Bertz CT molecular complexity index is 78.5. The van der Waals surface area contributed by atoms with Crippen LogP contribution in [-0.4, -0.2) is 25.7 Å². The van der Waals surface area contributed by atoms with Crippen molar-refractivity contribution in [3.8, 4) is 0 Å². The van der Waals surface area contributed by atoms with Crippen LogP contribution in [0, 0.1) is 0 Å². The van der Waals surface area contributed by atoms with Crippen molar-refractivity contribution in [3.05, 3.63) is 0 Å². The molecular formula is C5H9FO2. The van der Waals surface area contributed by atoms with Crippen LogP contribution in [-0.2, 0) is 9.47 Å². The average Bonchev–Trinajstić information content (AvgIpc) is 2.17. The maximum Gasteiger partial charge on any atom is 0.194 e. The van der Waals surface area contributed by atoms with Crippen LogP contribution in [0.1, 0.15) is 6.92 Å². The van der Waals surface area contributed by atoms with Crippen LogP contribution in [0.4, 0.5) is 4.39 Å². The van der Waals surface area contributed by atoms with E-state index in [-0.39, 0.29) is 0 Å². The van der Waals surface area contributed by atoms with E-state index in [1.165, 1.54) is 0 Å². The van der Waals surface area contributed by atoms with Crippen LogP contribution in [0.25, 0.3) is 0 Å². The van der Waals surface area contributed by atoms with Gasteiger partial charge in [-0.05, 0) is 6.92 Å². The highest BCUT2D eigenvalue weighted by Crippen LogP contribution is 2.17. The molecular weight excluding hydrogens is 111 g/mol. The Balaban J connectivity index is 2.40. The van der Waals surface area contributed by atoms with Crippen molar-refractivity contribution in [1.82, 2.24) is 0 Å². The van der Waals surface area contributed by atoms with Gasteiger partial charge in [-0.1, -0.05) is 0 Å². The van der Waals surface area contributed by atoms with E-state index in [1.807, 2.05) is 0 Å². The monoisotopic (exact) mass is 120 g/mol. The zero-order valence-electron chi connectivity index (χ0n) is 4.82. The summed E-state index contributed by atoms with van der Waals surface area (Å²) in [7, 11) is 0. The van der Waals surface area contributed by atoms with Gasteiger partial charge in [0.2, 0.25) is 0 Å². The zero-order chi connectivity index (χ0) is 6.04. The predicted octanol–water partition coefficient (Wildman–Crippen LogP) is 0.719. The molecule has 8 heavy (non-hydrogen) atoms. The van der Waals surface area contributed by atoms with E-state index in [1.54, 1.807) is 6.92 Å². The molecule has 0 saturated carbocycles. The first-order valence-corrected chi connectivity index (χ1v) is 2.61. The van der Waals surface area contributed by atoms with E-state index in [9.17, 15) is 4.39 Å². The van der Waals surface area contributed by atoms with Gasteiger partial charge < -0.3 is 9.47 Å². The molecule has 1 rings (SSSR count). The highest BCUT2D eigenvalue weighted by atomic mass is 19.1. The Kier molecular flexibility index (Phi) is 1.49. The van der Waals surface area contributed by atoms with Gasteiger partial charge in [0.25, 0.3) is 0 Å². The first-order valence-electron chi connectivity index (χ1n) is 2.61. The standard InChI is InChI=1S/C5H9FO2/c1-5(4-6)7-2-3-8-5/h2-4H2,1H3. The molecule has 1 aliphatic rings. The van der Waals surface area contributed by atoms with Gasteiger partial charge in [-0.2, -0.15) is 0 Å². The Morgan fingerprint density at radius 2 is 2.00 bits per heavy atom. The van der Waals surface area contributed by atoms with Gasteiger partial charge in [-0.25, -0.2) is 4.39 Å². The second-order valence-corrected chi connectivity index (χ2v) is 1.96. The van der Waals surface area contributed by atoms with Gasteiger partial charge >= 0.3 is 0 Å². The summed E-state index contributed by atoms with van der Waals surface area (Å²) in [5.74, 6) is -0.931. The number of halogens is 1. The van der Waals surface area contributed by atoms with E-state index in [0.29, 0.717) is 13.2 Å². The van der Waals surface area contributed by atoms with Crippen LogP contribution in [0.3, 0.4) is 0 Å². The molecule has 2 nitrogen and oxygen atoms in total. The molecule has 0 spiro atoms. The summed E-state index contributed by atoms with van der Waals surface area (Å²) >= 11 is 0. The molecule has 0 N–H and O–H groups in total. The summed E-state index contributed by atoms with van der Waals surface area (Å²) < 4.78 is 21.6. The van der Waals surface area contributed by atoms with E-state index in [4.69, 9.17) is 9.47 Å². The highest BCUT2D eigenvalue weighted by molar-refractivity contribution is 4.65. The fourth-order valence-electron chi connectivity index (χ4n) is 0.634. The summed E-state index contributed by atoms with van der Waals surface area (Å²) in [4.78, 5) is 0. The summed E-state index contributed by atoms with van der Waals surface area (Å²) in [6.07, 6.45) is 0. The molecule has 0 unspecified atom stereocenters. The van der Waals surface area contributed by atoms with Crippen molar-refractivity contribution >= 4 is 0 Å². The van der Waals surface area contributed by atoms with Crippen LogP contribution in [0.2, 0.25) is 0 Å². The first kappa shape index (κ1) is 5.98. The Morgan fingerprint density at radius 3 is 2.25 bits per heavy atom. The highest BCUT2D eigenvalue weighted by Gasteiger charge is 2.30. The molecule has 0 aromatic carbocycles. The normalized spacial score (nSPS) is 26.2. The van der Waals surface area contributed by atoms with E-state index in [0.717, 1.165) is 0 Å². The Morgan fingerprint density at radius 1 is 1.50 bits per heavy atom. The Hall–Kier alpha value is -0.150. The first-order chi connectivity index (χ1) is 3.77. The minimum Gasteiger partial charge on any atom is -0.345 e. The van der Waals surface area contributed by atoms with Crippen LogP contribution >= 0.6 is 0 Å². The molecule has 0 aliphatic carbocycles. The fourth-order valence-corrected chi connectivity index (χ4v) is 0.634.